The maximum atomic E-state index is 10.5. The van der Waals surface area contributed by atoms with Gasteiger partial charge >= 0.3 is 0 Å². The van der Waals surface area contributed by atoms with E-state index in [2.05, 4.69) is 16.6 Å². The van der Waals surface area contributed by atoms with E-state index in [9.17, 15) is 10.1 Å². The molecule has 0 saturated heterocycles. The number of hydrogen-bond acceptors (Lipinski definition) is 4. The van der Waals surface area contributed by atoms with Gasteiger partial charge in [0.25, 0.3) is 5.69 Å². The molecule has 1 aromatic carbocycles. The van der Waals surface area contributed by atoms with Crippen LogP contribution in [0.2, 0.25) is 0 Å². The van der Waals surface area contributed by atoms with Gasteiger partial charge < -0.3 is 0 Å². The summed E-state index contributed by atoms with van der Waals surface area (Å²) in [5.74, 6) is 0. The van der Waals surface area contributed by atoms with E-state index in [0.29, 0.717) is 0 Å². The zero-order valence-corrected chi connectivity index (χ0v) is 10.9. The molecular weight excluding hydrogens is 242 g/mol. The number of nitrogens with one attached hydrogen (secondary N) is 1. The summed E-state index contributed by atoms with van der Waals surface area (Å²) in [5, 5.41) is 14.9. The molecule has 1 aliphatic carbocycles. The molecule has 5 nitrogen and oxygen atoms in total. The third-order valence-corrected chi connectivity index (χ3v) is 3.19. The predicted octanol–water partition coefficient (Wildman–Crippen LogP) is 3.88. The Morgan fingerprint density at radius 3 is 2.63 bits per heavy atom. The minimum Gasteiger partial charge on any atom is -0.278 e. The van der Waals surface area contributed by atoms with Gasteiger partial charge in [-0.15, -0.1) is 0 Å². The molecule has 19 heavy (non-hydrogen) atoms. The Labute approximate surface area is 112 Å². The first kappa shape index (κ1) is 13.3. The van der Waals surface area contributed by atoms with Crippen LogP contribution in [0.15, 0.2) is 41.0 Å². The smallest absolute Gasteiger partial charge is 0.269 e. The average Bonchev–Trinajstić information content (AvgIpc) is 2.46. The molecule has 0 aromatic heterocycles. The molecular formula is C14H17N3O2. The second-order valence-corrected chi connectivity index (χ2v) is 4.59. The van der Waals surface area contributed by atoms with Crippen LogP contribution in [-0.2, 0) is 0 Å². The lowest BCUT2D eigenvalue weighted by atomic mass is 9.97. The number of rotatable bonds is 4. The lowest BCUT2D eigenvalue weighted by Crippen LogP contribution is -2.04. The quantitative estimate of drug-likeness (QED) is 0.507. The van der Waals surface area contributed by atoms with Crippen LogP contribution in [0.1, 0.15) is 32.6 Å². The molecule has 0 saturated carbocycles. The Bertz CT molecular complexity index is 518. The van der Waals surface area contributed by atoms with Crippen LogP contribution >= 0.6 is 0 Å². The highest BCUT2D eigenvalue weighted by Crippen LogP contribution is 2.19. The summed E-state index contributed by atoms with van der Waals surface area (Å²) in [7, 11) is 0. The normalized spacial score (nSPS) is 15.8. The van der Waals surface area contributed by atoms with E-state index >= 15 is 0 Å². The molecule has 0 fully saturated rings. The number of non-ortho nitro benzene ring substituents is 1. The molecule has 0 radical (unpaired) electrons. The van der Waals surface area contributed by atoms with E-state index < -0.39 is 4.92 Å². The van der Waals surface area contributed by atoms with Crippen molar-refractivity contribution in [3.8, 4) is 0 Å². The van der Waals surface area contributed by atoms with Gasteiger partial charge in [-0.3, -0.25) is 15.5 Å². The van der Waals surface area contributed by atoms with Crippen molar-refractivity contribution in [2.24, 2.45) is 5.10 Å². The average molecular weight is 259 g/mol. The minimum atomic E-state index is -0.412. The molecule has 100 valence electrons. The van der Waals surface area contributed by atoms with Crippen LogP contribution < -0.4 is 5.43 Å². The summed E-state index contributed by atoms with van der Waals surface area (Å²) in [6.07, 6.45) is 6.92. The SMILES string of the molecule is C/C(=N\Nc1ccc([N+](=O)[O-])cc1)C1=CCCCC1. The molecule has 0 bridgehead atoms. The number of nitro benzene ring substituents is 1. The maximum Gasteiger partial charge on any atom is 0.269 e. The molecule has 0 spiro atoms. The van der Waals surface area contributed by atoms with E-state index in [-0.39, 0.29) is 5.69 Å². The van der Waals surface area contributed by atoms with Gasteiger partial charge in [0, 0.05) is 12.1 Å². The van der Waals surface area contributed by atoms with Crippen molar-refractivity contribution >= 4 is 17.1 Å². The molecule has 5 heteroatoms. The molecule has 0 unspecified atom stereocenters. The first-order valence-corrected chi connectivity index (χ1v) is 6.41. The van der Waals surface area contributed by atoms with Gasteiger partial charge in [-0.05, 0) is 50.3 Å². The number of anilines is 1. The standard InChI is InChI=1S/C14H17N3O2/c1-11(12-5-3-2-4-6-12)15-16-13-7-9-14(10-8-13)17(18)19/h5,7-10,16H,2-4,6H2,1H3/b15-11+. The summed E-state index contributed by atoms with van der Waals surface area (Å²) in [6.45, 7) is 1.98. The van der Waals surface area contributed by atoms with Gasteiger partial charge in [0.15, 0.2) is 0 Å². The van der Waals surface area contributed by atoms with E-state index in [1.54, 1.807) is 12.1 Å². The third kappa shape index (κ3) is 3.64. The first-order chi connectivity index (χ1) is 9.16. The fourth-order valence-corrected chi connectivity index (χ4v) is 2.04. The molecule has 2 rings (SSSR count). The zero-order valence-electron chi connectivity index (χ0n) is 10.9. The summed E-state index contributed by atoms with van der Waals surface area (Å²) in [4.78, 5) is 10.1. The summed E-state index contributed by atoms with van der Waals surface area (Å²) < 4.78 is 0. The Morgan fingerprint density at radius 2 is 2.05 bits per heavy atom. The fourth-order valence-electron chi connectivity index (χ4n) is 2.04. The van der Waals surface area contributed by atoms with Crippen LogP contribution in [0.5, 0.6) is 0 Å². The third-order valence-electron chi connectivity index (χ3n) is 3.19. The van der Waals surface area contributed by atoms with Gasteiger partial charge in [-0.2, -0.15) is 5.10 Å². The van der Waals surface area contributed by atoms with Crippen LogP contribution in [0.3, 0.4) is 0 Å². The number of benzene rings is 1. The van der Waals surface area contributed by atoms with Gasteiger partial charge in [0.1, 0.15) is 0 Å². The minimum absolute atomic E-state index is 0.0845. The Hall–Kier alpha value is -2.17. The van der Waals surface area contributed by atoms with Gasteiger partial charge in [0.2, 0.25) is 0 Å². The Balaban J connectivity index is 2.01. The van der Waals surface area contributed by atoms with Crippen molar-refractivity contribution in [2.75, 3.05) is 5.43 Å². The predicted molar refractivity (Wildman–Crippen MR) is 76.4 cm³/mol. The van der Waals surface area contributed by atoms with Crippen molar-refractivity contribution in [1.29, 1.82) is 0 Å². The molecule has 1 aromatic rings. The lowest BCUT2D eigenvalue weighted by molar-refractivity contribution is -0.384. The van der Waals surface area contributed by atoms with Crippen LogP contribution in [0, 0.1) is 10.1 Å². The number of hydrogen-bond donors (Lipinski definition) is 1. The van der Waals surface area contributed by atoms with Crippen LogP contribution in [-0.4, -0.2) is 10.6 Å². The van der Waals surface area contributed by atoms with E-state index in [1.807, 2.05) is 6.92 Å². The first-order valence-electron chi connectivity index (χ1n) is 6.41. The van der Waals surface area contributed by atoms with Crippen LogP contribution in [0.25, 0.3) is 0 Å². The number of hydrazone groups is 1. The van der Waals surface area contributed by atoms with Gasteiger partial charge in [-0.25, -0.2) is 0 Å². The van der Waals surface area contributed by atoms with E-state index in [1.165, 1.54) is 30.5 Å². The zero-order chi connectivity index (χ0) is 13.7. The summed E-state index contributed by atoms with van der Waals surface area (Å²) in [6, 6.07) is 6.24. The van der Waals surface area contributed by atoms with Crippen molar-refractivity contribution in [3.63, 3.8) is 0 Å². The highest BCUT2D eigenvalue weighted by atomic mass is 16.6. The summed E-state index contributed by atoms with van der Waals surface area (Å²) in [5.41, 5.74) is 6.04. The van der Waals surface area contributed by atoms with Crippen LogP contribution in [0.4, 0.5) is 11.4 Å². The fraction of sp³-hybridized carbons (Fsp3) is 0.357. The monoisotopic (exact) mass is 259 g/mol. The highest BCUT2D eigenvalue weighted by Gasteiger charge is 2.07. The largest absolute Gasteiger partial charge is 0.278 e. The van der Waals surface area contributed by atoms with Crippen molar-refractivity contribution in [2.45, 2.75) is 32.6 Å². The number of nitro groups is 1. The second kappa shape index (κ2) is 6.13. The van der Waals surface area contributed by atoms with Crippen molar-refractivity contribution in [3.05, 3.63) is 46.0 Å². The molecule has 1 aliphatic rings. The molecule has 0 atom stereocenters. The highest BCUT2D eigenvalue weighted by molar-refractivity contribution is 5.98. The van der Waals surface area contributed by atoms with E-state index in [0.717, 1.165) is 24.2 Å². The second-order valence-electron chi connectivity index (χ2n) is 4.59. The molecule has 0 amide bonds. The Kier molecular flexibility index (Phi) is 4.28. The summed E-state index contributed by atoms with van der Waals surface area (Å²) >= 11 is 0. The van der Waals surface area contributed by atoms with Crippen molar-refractivity contribution < 1.29 is 4.92 Å². The number of nitrogens with zero attached hydrogens (tertiary/aromatic N) is 2. The Morgan fingerprint density at radius 1 is 1.32 bits per heavy atom. The molecule has 0 aliphatic heterocycles. The molecule has 0 heterocycles. The van der Waals surface area contributed by atoms with E-state index in [4.69, 9.17) is 0 Å². The lowest BCUT2D eigenvalue weighted by Gasteiger charge is -2.12. The van der Waals surface area contributed by atoms with Gasteiger partial charge in [-0.1, -0.05) is 6.08 Å². The van der Waals surface area contributed by atoms with Gasteiger partial charge in [0.05, 0.1) is 16.3 Å². The number of allylic oxidation sites excluding steroid dienone is 2. The molecule has 1 N–H and O–H groups in total. The topological polar surface area (TPSA) is 67.5 Å². The van der Waals surface area contributed by atoms with Crippen molar-refractivity contribution in [1.82, 2.24) is 0 Å². The maximum absolute atomic E-state index is 10.5.